The first kappa shape index (κ1) is 21.8. The van der Waals surface area contributed by atoms with E-state index in [1.165, 1.54) is 32.4 Å². The van der Waals surface area contributed by atoms with Gasteiger partial charge in [-0.05, 0) is 36.1 Å². The second kappa shape index (κ2) is 9.75. The molecule has 0 heterocycles. The molecule has 0 saturated carbocycles. The Labute approximate surface area is 179 Å². The van der Waals surface area contributed by atoms with Crippen LogP contribution >= 0.6 is 0 Å². The van der Waals surface area contributed by atoms with Crippen molar-refractivity contribution >= 4 is 34.3 Å². The average Bonchev–Trinajstić information content (AvgIpc) is 2.81. The van der Waals surface area contributed by atoms with Crippen LogP contribution in [0, 0.1) is 0 Å². The molecular formula is C24H23NO6. The van der Waals surface area contributed by atoms with Crippen molar-refractivity contribution in [3.05, 3.63) is 71.8 Å². The van der Waals surface area contributed by atoms with Gasteiger partial charge in [0.2, 0.25) is 0 Å². The number of rotatable bonds is 7. The lowest BCUT2D eigenvalue weighted by atomic mass is 10.1. The number of ether oxygens (including phenoxy) is 3. The molecule has 0 saturated heterocycles. The summed E-state index contributed by atoms with van der Waals surface area (Å²) in [6.07, 6.45) is -0.371. The summed E-state index contributed by atoms with van der Waals surface area (Å²) in [5.74, 6) is -1.09. The largest absolute Gasteiger partial charge is 0.480 e. The molecule has 1 atom stereocenters. The quantitative estimate of drug-likeness (QED) is 0.575. The first-order valence-corrected chi connectivity index (χ1v) is 9.73. The van der Waals surface area contributed by atoms with Gasteiger partial charge in [0.15, 0.2) is 6.10 Å². The molecule has 160 valence electrons. The summed E-state index contributed by atoms with van der Waals surface area (Å²) in [6.45, 7) is 1.83. The fourth-order valence-electron chi connectivity index (χ4n) is 3.17. The topological polar surface area (TPSA) is 90.9 Å². The summed E-state index contributed by atoms with van der Waals surface area (Å²) in [4.78, 5) is 36.8. The molecule has 0 aliphatic rings. The van der Waals surface area contributed by atoms with Gasteiger partial charge in [0.1, 0.15) is 5.75 Å². The summed E-state index contributed by atoms with van der Waals surface area (Å²) in [5.41, 5.74) is 0.487. The van der Waals surface area contributed by atoms with Crippen molar-refractivity contribution in [3.8, 4) is 5.75 Å². The Morgan fingerprint density at radius 1 is 0.871 bits per heavy atom. The maximum atomic E-state index is 12.9. The van der Waals surface area contributed by atoms with Crippen LogP contribution in [0.25, 0.3) is 10.8 Å². The molecule has 0 aromatic heterocycles. The van der Waals surface area contributed by atoms with Gasteiger partial charge >= 0.3 is 11.9 Å². The summed E-state index contributed by atoms with van der Waals surface area (Å²) < 4.78 is 15.5. The fourth-order valence-corrected chi connectivity index (χ4v) is 3.17. The van der Waals surface area contributed by atoms with Crippen LogP contribution < -0.4 is 10.1 Å². The monoisotopic (exact) mass is 421 g/mol. The highest BCUT2D eigenvalue weighted by atomic mass is 16.5. The van der Waals surface area contributed by atoms with E-state index in [1.807, 2.05) is 49.4 Å². The van der Waals surface area contributed by atoms with Gasteiger partial charge in [0.25, 0.3) is 5.91 Å². The Kier molecular flexibility index (Phi) is 6.87. The van der Waals surface area contributed by atoms with Gasteiger partial charge in [0, 0.05) is 11.1 Å². The molecule has 3 aromatic carbocycles. The highest BCUT2D eigenvalue weighted by Crippen LogP contribution is 2.27. The Morgan fingerprint density at radius 3 is 2.10 bits per heavy atom. The van der Waals surface area contributed by atoms with E-state index in [9.17, 15) is 14.4 Å². The number of esters is 2. The average molecular weight is 421 g/mol. The molecule has 1 N–H and O–H groups in total. The van der Waals surface area contributed by atoms with E-state index in [-0.39, 0.29) is 16.8 Å². The summed E-state index contributed by atoms with van der Waals surface area (Å²) in [5, 5.41) is 4.62. The van der Waals surface area contributed by atoms with E-state index in [0.29, 0.717) is 12.2 Å². The van der Waals surface area contributed by atoms with E-state index in [2.05, 4.69) is 5.32 Å². The number of methoxy groups -OCH3 is 2. The maximum Gasteiger partial charge on any atom is 0.337 e. The zero-order valence-corrected chi connectivity index (χ0v) is 17.5. The van der Waals surface area contributed by atoms with Gasteiger partial charge in [-0.2, -0.15) is 0 Å². The molecule has 7 nitrogen and oxygen atoms in total. The van der Waals surface area contributed by atoms with Crippen molar-refractivity contribution < 1.29 is 28.6 Å². The Balaban J connectivity index is 1.86. The lowest BCUT2D eigenvalue weighted by Crippen LogP contribution is -2.32. The molecule has 0 bridgehead atoms. The second-order valence-electron chi connectivity index (χ2n) is 6.76. The number of fused-ring (bicyclic) bond motifs is 1. The number of nitrogens with one attached hydrogen (secondary N) is 1. The minimum Gasteiger partial charge on any atom is -0.480 e. The van der Waals surface area contributed by atoms with E-state index >= 15 is 0 Å². The normalized spacial score (nSPS) is 11.5. The predicted octanol–water partition coefficient (Wildman–Crippen LogP) is 4.21. The third-order valence-electron chi connectivity index (χ3n) is 4.72. The van der Waals surface area contributed by atoms with Crippen molar-refractivity contribution in [1.82, 2.24) is 0 Å². The predicted molar refractivity (Wildman–Crippen MR) is 116 cm³/mol. The number of benzene rings is 3. The maximum absolute atomic E-state index is 12.9. The number of amides is 1. The summed E-state index contributed by atoms with van der Waals surface area (Å²) in [7, 11) is 2.47. The van der Waals surface area contributed by atoms with Gasteiger partial charge in [-0.25, -0.2) is 9.59 Å². The lowest BCUT2D eigenvalue weighted by Gasteiger charge is -2.19. The number of hydrogen-bond acceptors (Lipinski definition) is 6. The lowest BCUT2D eigenvalue weighted by molar-refractivity contribution is -0.122. The van der Waals surface area contributed by atoms with Crippen molar-refractivity contribution in [2.45, 2.75) is 19.4 Å². The van der Waals surface area contributed by atoms with Crippen LogP contribution in [0.2, 0.25) is 0 Å². The third kappa shape index (κ3) is 5.01. The molecule has 0 aliphatic heterocycles. The number of anilines is 1. The Bertz CT molecular complexity index is 1080. The van der Waals surface area contributed by atoms with Crippen LogP contribution in [0.4, 0.5) is 5.69 Å². The minimum absolute atomic E-state index is 0.115. The molecule has 0 aliphatic carbocycles. The van der Waals surface area contributed by atoms with E-state index in [1.54, 1.807) is 0 Å². The number of carbonyl (C=O) groups is 3. The van der Waals surface area contributed by atoms with Crippen LogP contribution in [0.5, 0.6) is 5.75 Å². The molecule has 1 amide bonds. The molecule has 3 rings (SSSR count). The molecule has 3 aromatic rings. The second-order valence-corrected chi connectivity index (χ2v) is 6.76. The van der Waals surface area contributed by atoms with Gasteiger partial charge in [-0.1, -0.05) is 43.3 Å². The minimum atomic E-state index is -0.783. The van der Waals surface area contributed by atoms with Crippen molar-refractivity contribution in [1.29, 1.82) is 0 Å². The van der Waals surface area contributed by atoms with Gasteiger partial charge in [-0.3, -0.25) is 4.79 Å². The van der Waals surface area contributed by atoms with Crippen molar-refractivity contribution in [2.75, 3.05) is 19.5 Å². The smallest absolute Gasteiger partial charge is 0.337 e. The van der Waals surface area contributed by atoms with Crippen LogP contribution in [0.3, 0.4) is 0 Å². The zero-order chi connectivity index (χ0) is 22.4. The van der Waals surface area contributed by atoms with Crippen LogP contribution in [0.15, 0.2) is 60.7 Å². The van der Waals surface area contributed by atoms with Crippen molar-refractivity contribution in [3.63, 3.8) is 0 Å². The van der Waals surface area contributed by atoms with Crippen LogP contribution in [0.1, 0.15) is 34.1 Å². The fraction of sp³-hybridized carbons (Fsp3) is 0.208. The summed E-state index contributed by atoms with van der Waals surface area (Å²) >= 11 is 0. The van der Waals surface area contributed by atoms with Crippen LogP contribution in [-0.4, -0.2) is 38.2 Å². The highest BCUT2D eigenvalue weighted by Gasteiger charge is 2.21. The van der Waals surface area contributed by atoms with Crippen LogP contribution in [-0.2, 0) is 14.3 Å². The third-order valence-corrected chi connectivity index (χ3v) is 4.72. The first-order chi connectivity index (χ1) is 15.0. The number of hydrogen-bond donors (Lipinski definition) is 1. The van der Waals surface area contributed by atoms with Crippen molar-refractivity contribution in [2.24, 2.45) is 0 Å². The van der Waals surface area contributed by atoms with E-state index < -0.39 is 23.9 Å². The molecule has 1 unspecified atom stereocenters. The highest BCUT2D eigenvalue weighted by molar-refractivity contribution is 6.00. The molecule has 0 fully saturated rings. The van der Waals surface area contributed by atoms with Gasteiger partial charge < -0.3 is 19.5 Å². The van der Waals surface area contributed by atoms with Gasteiger partial charge in [0.05, 0.1) is 25.3 Å². The zero-order valence-electron chi connectivity index (χ0n) is 17.5. The number of carbonyl (C=O) groups excluding carboxylic acids is 3. The molecule has 0 spiro atoms. The Morgan fingerprint density at radius 2 is 1.48 bits per heavy atom. The SMILES string of the molecule is CCC(Oc1cccc2ccccc12)C(=O)Nc1cc(C(=O)OC)cc(C(=O)OC)c1. The standard InChI is InChI=1S/C24H23NO6/c1-4-20(31-21-11-7-9-15-8-5-6-10-19(15)21)22(26)25-18-13-16(23(27)29-2)12-17(14-18)24(28)30-3/h5-14,20H,4H2,1-3H3,(H,25,26). The van der Waals surface area contributed by atoms with E-state index in [0.717, 1.165) is 10.8 Å². The summed E-state index contributed by atoms with van der Waals surface area (Å²) in [6, 6.07) is 17.6. The molecule has 0 radical (unpaired) electrons. The molecule has 7 heteroatoms. The Hall–Kier alpha value is -3.87. The van der Waals surface area contributed by atoms with E-state index in [4.69, 9.17) is 14.2 Å². The molecular weight excluding hydrogens is 398 g/mol. The molecule has 31 heavy (non-hydrogen) atoms. The van der Waals surface area contributed by atoms with Gasteiger partial charge in [-0.15, -0.1) is 0 Å². The first-order valence-electron chi connectivity index (χ1n) is 9.73.